The summed E-state index contributed by atoms with van der Waals surface area (Å²) < 4.78 is 26.5. The molecule has 3 aromatic carbocycles. The Kier molecular flexibility index (Phi) is 12.5. The van der Waals surface area contributed by atoms with Crippen LogP contribution in [-0.4, -0.2) is 81.2 Å². The molecule has 46 heavy (non-hydrogen) atoms. The van der Waals surface area contributed by atoms with E-state index >= 15 is 0 Å². The average Bonchev–Trinajstić information content (AvgIpc) is 3.09. The number of nitrogens with one attached hydrogen (secondary N) is 3. The maximum Gasteiger partial charge on any atom is 0.413 e. The smallest absolute Gasteiger partial charge is 0.413 e. The second kappa shape index (κ2) is 17.2. The molecule has 4 rings (SSSR count). The van der Waals surface area contributed by atoms with Crippen LogP contribution in [0.4, 0.5) is 10.5 Å². The fourth-order valence-electron chi connectivity index (χ4n) is 4.37. The summed E-state index contributed by atoms with van der Waals surface area (Å²) in [5, 5.41) is 13.3. The lowest BCUT2D eigenvalue weighted by molar-refractivity contribution is -0.140. The van der Waals surface area contributed by atoms with Gasteiger partial charge in [0.15, 0.2) is 13.2 Å². The summed E-state index contributed by atoms with van der Waals surface area (Å²) in [5.74, 6) is -0.356. The third-order valence-corrected chi connectivity index (χ3v) is 6.84. The van der Waals surface area contributed by atoms with E-state index in [-0.39, 0.29) is 44.4 Å². The normalized spacial score (nSPS) is 12.4. The Bertz CT molecular complexity index is 1510. The van der Waals surface area contributed by atoms with Gasteiger partial charge in [-0.25, -0.2) is 4.79 Å². The predicted molar refractivity (Wildman–Crippen MR) is 167 cm³/mol. The molecule has 0 unspecified atom stereocenters. The van der Waals surface area contributed by atoms with Crippen molar-refractivity contribution in [3.63, 3.8) is 0 Å². The number of methoxy groups -OCH3 is 1. The van der Waals surface area contributed by atoms with Gasteiger partial charge >= 0.3 is 12.1 Å². The molecule has 0 saturated carbocycles. The molecule has 1 aliphatic rings. The number of carbonyl (C=O) groups is 4. The molecule has 242 valence electrons. The first-order valence-corrected chi connectivity index (χ1v) is 14.6. The zero-order chi connectivity index (χ0) is 32.7. The summed E-state index contributed by atoms with van der Waals surface area (Å²) in [6.45, 7) is 1.58. The Labute approximate surface area is 266 Å². The lowest BCUT2D eigenvalue weighted by Gasteiger charge is -2.26. The number of alkyl carbamates (subject to hydrolysis) is 1. The minimum atomic E-state index is -0.750. The van der Waals surface area contributed by atoms with Crippen molar-refractivity contribution in [1.29, 1.82) is 5.41 Å². The maximum atomic E-state index is 12.6. The van der Waals surface area contributed by atoms with Crippen LogP contribution >= 0.6 is 0 Å². The number of amides is 3. The van der Waals surface area contributed by atoms with Crippen LogP contribution < -0.4 is 20.1 Å². The number of aryl methyl sites for hydroxylation is 1. The molecular formula is C33H36N4O9. The third kappa shape index (κ3) is 10.6. The van der Waals surface area contributed by atoms with E-state index in [9.17, 15) is 19.2 Å². The highest BCUT2D eigenvalue weighted by atomic mass is 16.5. The molecule has 13 nitrogen and oxygen atoms in total. The van der Waals surface area contributed by atoms with Gasteiger partial charge in [-0.05, 0) is 60.0 Å². The van der Waals surface area contributed by atoms with E-state index < -0.39 is 18.0 Å². The highest BCUT2D eigenvalue weighted by Gasteiger charge is 2.18. The summed E-state index contributed by atoms with van der Waals surface area (Å²) in [6, 6.07) is 20.4. The first-order chi connectivity index (χ1) is 22.3. The molecule has 13 heteroatoms. The topological polar surface area (TPSA) is 166 Å². The summed E-state index contributed by atoms with van der Waals surface area (Å²) in [5.41, 5.74) is 2.32. The van der Waals surface area contributed by atoms with Gasteiger partial charge in [-0.1, -0.05) is 30.3 Å². The van der Waals surface area contributed by atoms with Crippen LogP contribution in [0.15, 0.2) is 72.8 Å². The maximum absolute atomic E-state index is 12.6. The molecule has 1 saturated heterocycles. The molecule has 3 aromatic rings. The number of morpholine rings is 1. The predicted octanol–water partition coefficient (Wildman–Crippen LogP) is 3.30. The second-order valence-electron chi connectivity index (χ2n) is 10.1. The standard InChI is InChI=1S/C33H36N4O9/c1-42-31(40)14-9-25-19-26(10-13-28(25)45-22-30(39)37-15-17-43-18-16-37)35-29(38)21-44-27-11-7-24(8-12-27)32(34)36-33(41)46-20-23-5-3-2-4-6-23/h2-8,10-13,19H,9,14-18,20-22H2,1H3,(H,35,38)(H2,34,36,41). The van der Waals surface area contributed by atoms with E-state index in [1.54, 1.807) is 47.4 Å². The Hall–Kier alpha value is -5.43. The number of nitrogens with zero attached hydrogens (tertiary/aromatic N) is 1. The Morgan fingerprint density at radius 1 is 0.913 bits per heavy atom. The van der Waals surface area contributed by atoms with E-state index in [1.165, 1.54) is 7.11 Å². The minimum Gasteiger partial charge on any atom is -0.484 e. The minimum absolute atomic E-state index is 0.0812. The van der Waals surface area contributed by atoms with Crippen molar-refractivity contribution < 1.29 is 42.9 Å². The highest BCUT2D eigenvalue weighted by molar-refractivity contribution is 6.04. The highest BCUT2D eigenvalue weighted by Crippen LogP contribution is 2.25. The van der Waals surface area contributed by atoms with Crippen molar-refractivity contribution >= 4 is 35.4 Å². The van der Waals surface area contributed by atoms with Crippen LogP contribution in [0.25, 0.3) is 0 Å². The fourth-order valence-corrected chi connectivity index (χ4v) is 4.37. The monoisotopic (exact) mass is 632 g/mol. The third-order valence-electron chi connectivity index (χ3n) is 6.84. The van der Waals surface area contributed by atoms with Crippen LogP contribution in [0.3, 0.4) is 0 Å². The number of ether oxygens (including phenoxy) is 5. The van der Waals surface area contributed by atoms with Crippen LogP contribution in [0.2, 0.25) is 0 Å². The molecule has 1 heterocycles. The molecule has 3 N–H and O–H groups in total. The molecule has 0 aliphatic carbocycles. The Morgan fingerprint density at radius 2 is 1.65 bits per heavy atom. The SMILES string of the molecule is COC(=O)CCc1cc(NC(=O)COc2ccc(C(=N)NC(=O)OCc3ccccc3)cc2)ccc1OCC(=O)N1CCOCC1. The summed E-state index contributed by atoms with van der Waals surface area (Å²) in [6.07, 6.45) is -0.391. The molecule has 0 radical (unpaired) electrons. The van der Waals surface area contributed by atoms with Crippen molar-refractivity contribution in [3.8, 4) is 11.5 Å². The van der Waals surface area contributed by atoms with Crippen LogP contribution in [0.1, 0.15) is 23.1 Å². The zero-order valence-electron chi connectivity index (χ0n) is 25.4. The number of benzene rings is 3. The van der Waals surface area contributed by atoms with Gasteiger partial charge in [-0.15, -0.1) is 0 Å². The van der Waals surface area contributed by atoms with Gasteiger partial charge in [0.05, 0.1) is 20.3 Å². The lowest BCUT2D eigenvalue weighted by atomic mass is 10.1. The lowest BCUT2D eigenvalue weighted by Crippen LogP contribution is -2.43. The van der Waals surface area contributed by atoms with Crippen molar-refractivity contribution in [2.75, 3.05) is 51.9 Å². The quantitative estimate of drug-likeness (QED) is 0.146. The molecule has 0 atom stereocenters. The molecule has 3 amide bonds. The summed E-state index contributed by atoms with van der Waals surface area (Å²) in [7, 11) is 1.30. The Balaban J connectivity index is 1.26. The fraction of sp³-hybridized carbons (Fsp3) is 0.303. The van der Waals surface area contributed by atoms with Crippen molar-refractivity contribution in [2.45, 2.75) is 19.4 Å². The number of carbonyl (C=O) groups excluding carboxylic acids is 4. The molecular weight excluding hydrogens is 596 g/mol. The Morgan fingerprint density at radius 3 is 2.37 bits per heavy atom. The average molecular weight is 633 g/mol. The van der Waals surface area contributed by atoms with Gasteiger partial charge < -0.3 is 33.9 Å². The van der Waals surface area contributed by atoms with E-state index in [1.807, 2.05) is 30.3 Å². The van der Waals surface area contributed by atoms with Gasteiger partial charge in [0.1, 0.15) is 23.9 Å². The van der Waals surface area contributed by atoms with Crippen LogP contribution in [-0.2, 0) is 41.6 Å². The van der Waals surface area contributed by atoms with Gasteiger partial charge in [0.25, 0.3) is 11.8 Å². The number of hydrogen-bond acceptors (Lipinski definition) is 10. The largest absolute Gasteiger partial charge is 0.484 e. The zero-order valence-corrected chi connectivity index (χ0v) is 25.4. The first-order valence-electron chi connectivity index (χ1n) is 14.6. The summed E-state index contributed by atoms with van der Waals surface area (Å²) in [4.78, 5) is 50.7. The van der Waals surface area contributed by atoms with Gasteiger partial charge in [0, 0.05) is 30.8 Å². The van der Waals surface area contributed by atoms with Crippen molar-refractivity contribution in [3.05, 3.63) is 89.5 Å². The van der Waals surface area contributed by atoms with E-state index in [0.717, 1.165) is 5.56 Å². The summed E-state index contributed by atoms with van der Waals surface area (Å²) >= 11 is 0. The van der Waals surface area contributed by atoms with Gasteiger partial charge in [-0.3, -0.25) is 25.1 Å². The number of anilines is 1. The van der Waals surface area contributed by atoms with Crippen molar-refractivity contribution in [1.82, 2.24) is 10.2 Å². The van der Waals surface area contributed by atoms with Crippen molar-refractivity contribution in [2.24, 2.45) is 0 Å². The van der Waals surface area contributed by atoms with E-state index in [4.69, 9.17) is 29.1 Å². The molecule has 0 spiro atoms. The number of amidine groups is 1. The first kappa shape index (κ1) is 33.5. The van der Waals surface area contributed by atoms with Gasteiger partial charge in [-0.2, -0.15) is 0 Å². The molecule has 1 aliphatic heterocycles. The van der Waals surface area contributed by atoms with Crippen LogP contribution in [0.5, 0.6) is 11.5 Å². The molecule has 0 aromatic heterocycles. The number of rotatable bonds is 13. The molecule has 1 fully saturated rings. The molecule has 0 bridgehead atoms. The number of hydrogen-bond donors (Lipinski definition) is 3. The number of esters is 1. The second-order valence-corrected chi connectivity index (χ2v) is 10.1. The van der Waals surface area contributed by atoms with E-state index in [0.29, 0.717) is 54.6 Å². The van der Waals surface area contributed by atoms with E-state index in [2.05, 4.69) is 10.6 Å². The van der Waals surface area contributed by atoms with Gasteiger partial charge in [0.2, 0.25) is 0 Å². The van der Waals surface area contributed by atoms with Crippen LogP contribution in [0, 0.1) is 5.41 Å².